The van der Waals surface area contributed by atoms with E-state index in [-0.39, 0.29) is 5.41 Å². The van der Waals surface area contributed by atoms with Gasteiger partial charge in [-0.3, -0.25) is 0 Å². The number of hydrogen-bond donors (Lipinski definition) is 0. The maximum absolute atomic E-state index is 11.3. The molecule has 100 valence electrons. The van der Waals surface area contributed by atoms with Gasteiger partial charge in [0.1, 0.15) is 6.29 Å². The summed E-state index contributed by atoms with van der Waals surface area (Å²) < 4.78 is 0. The second-order valence-electron chi connectivity index (χ2n) is 5.16. The first-order valence-electron chi connectivity index (χ1n) is 6.84. The van der Waals surface area contributed by atoms with Gasteiger partial charge in [-0.15, -0.1) is 0 Å². The van der Waals surface area contributed by atoms with Crippen molar-refractivity contribution in [3.05, 3.63) is 35.9 Å². The summed E-state index contributed by atoms with van der Waals surface area (Å²) in [6.45, 7) is 6.06. The van der Waals surface area contributed by atoms with Crippen LogP contribution in [-0.2, 0) is 11.2 Å². The number of carbonyl (C=O) groups is 1. The molecule has 0 aliphatic rings. The normalized spacial score (nSPS) is 11.8. The molecule has 0 heterocycles. The largest absolute Gasteiger partial charge is 0.305 e. The van der Waals surface area contributed by atoms with E-state index in [9.17, 15) is 4.79 Å². The Bertz CT molecular complexity index is 343. The number of aldehydes is 1. The monoisotopic (exact) mass is 247 g/mol. The Morgan fingerprint density at radius 1 is 1.17 bits per heavy atom. The van der Waals surface area contributed by atoms with E-state index in [0.717, 1.165) is 38.6 Å². The lowest BCUT2D eigenvalue weighted by atomic mass is 9.83. The molecule has 0 aliphatic heterocycles. The van der Waals surface area contributed by atoms with Gasteiger partial charge in [-0.25, -0.2) is 0 Å². The van der Waals surface area contributed by atoms with E-state index in [0.29, 0.717) is 0 Å². The molecule has 0 saturated carbocycles. The zero-order chi connectivity index (χ0) is 13.4. The van der Waals surface area contributed by atoms with Crippen LogP contribution >= 0.6 is 0 Å². The predicted molar refractivity (Wildman–Crippen MR) is 76.7 cm³/mol. The highest BCUT2D eigenvalue weighted by atomic mass is 16.1. The third-order valence-electron chi connectivity index (χ3n) is 3.87. The molecule has 0 fully saturated rings. The van der Waals surface area contributed by atoms with E-state index in [2.05, 4.69) is 50.1 Å². The van der Waals surface area contributed by atoms with Gasteiger partial charge in [0.25, 0.3) is 0 Å². The van der Waals surface area contributed by atoms with Gasteiger partial charge in [0, 0.05) is 18.5 Å². The van der Waals surface area contributed by atoms with Gasteiger partial charge in [0.2, 0.25) is 0 Å². The van der Waals surface area contributed by atoms with Crippen LogP contribution in [0.5, 0.6) is 0 Å². The Morgan fingerprint density at radius 3 is 2.28 bits per heavy atom. The number of carbonyl (C=O) groups excluding carboxylic acids is 1. The Kier molecular flexibility index (Phi) is 6.06. The van der Waals surface area contributed by atoms with Crippen molar-refractivity contribution in [2.75, 3.05) is 20.1 Å². The summed E-state index contributed by atoms with van der Waals surface area (Å²) in [6.07, 6.45) is 4.02. The lowest BCUT2D eigenvalue weighted by molar-refractivity contribution is -0.117. The van der Waals surface area contributed by atoms with Gasteiger partial charge in [-0.05, 0) is 31.9 Å². The average molecular weight is 247 g/mol. The van der Waals surface area contributed by atoms with Crippen molar-refractivity contribution >= 4 is 6.29 Å². The first-order valence-corrected chi connectivity index (χ1v) is 6.84. The number of nitrogens with zero attached hydrogens (tertiary/aromatic N) is 1. The van der Waals surface area contributed by atoms with Crippen LogP contribution in [0, 0.1) is 5.41 Å². The highest BCUT2D eigenvalue weighted by molar-refractivity contribution is 5.59. The third-order valence-corrected chi connectivity index (χ3v) is 3.87. The molecule has 0 aromatic heterocycles. The van der Waals surface area contributed by atoms with Crippen molar-refractivity contribution in [1.29, 1.82) is 0 Å². The summed E-state index contributed by atoms with van der Waals surface area (Å²) >= 11 is 0. The molecule has 2 nitrogen and oxygen atoms in total. The van der Waals surface area contributed by atoms with E-state index in [1.807, 2.05) is 6.07 Å². The molecule has 0 N–H and O–H groups in total. The minimum absolute atomic E-state index is 0.161. The molecular formula is C16H25NO. The first kappa shape index (κ1) is 14.9. The van der Waals surface area contributed by atoms with Gasteiger partial charge in [-0.2, -0.15) is 0 Å². The molecule has 0 saturated heterocycles. The highest BCUT2D eigenvalue weighted by Gasteiger charge is 2.26. The molecule has 1 rings (SSSR count). The van der Waals surface area contributed by atoms with E-state index >= 15 is 0 Å². The third kappa shape index (κ3) is 4.26. The van der Waals surface area contributed by atoms with Crippen LogP contribution in [0.1, 0.15) is 32.3 Å². The molecule has 18 heavy (non-hydrogen) atoms. The zero-order valence-corrected chi connectivity index (χ0v) is 11.9. The quantitative estimate of drug-likeness (QED) is 0.658. The van der Waals surface area contributed by atoms with E-state index in [4.69, 9.17) is 0 Å². The lowest BCUT2D eigenvalue weighted by Crippen LogP contribution is -2.37. The van der Waals surface area contributed by atoms with Gasteiger partial charge in [-0.1, -0.05) is 44.2 Å². The molecule has 0 aliphatic carbocycles. The summed E-state index contributed by atoms with van der Waals surface area (Å²) in [5, 5.41) is 0. The van der Waals surface area contributed by atoms with Crippen LogP contribution in [0.15, 0.2) is 30.3 Å². The molecule has 2 heteroatoms. The summed E-state index contributed by atoms with van der Waals surface area (Å²) in [4.78, 5) is 13.5. The summed E-state index contributed by atoms with van der Waals surface area (Å²) in [7, 11) is 2.10. The maximum atomic E-state index is 11.3. The first-order chi connectivity index (χ1) is 8.65. The molecular weight excluding hydrogens is 222 g/mol. The number of hydrogen-bond acceptors (Lipinski definition) is 2. The SMILES string of the molecule is CCC(C=O)(CC)CN(C)CCc1ccccc1. The summed E-state index contributed by atoms with van der Waals surface area (Å²) in [5.74, 6) is 0. The highest BCUT2D eigenvalue weighted by Crippen LogP contribution is 2.24. The van der Waals surface area contributed by atoms with Gasteiger partial charge < -0.3 is 9.69 Å². The van der Waals surface area contributed by atoms with E-state index < -0.39 is 0 Å². The average Bonchev–Trinajstić information content (AvgIpc) is 2.44. The summed E-state index contributed by atoms with van der Waals surface area (Å²) in [6, 6.07) is 10.5. The van der Waals surface area contributed by atoms with Crippen LogP contribution in [0.25, 0.3) is 0 Å². The van der Waals surface area contributed by atoms with Crippen LogP contribution in [0.3, 0.4) is 0 Å². The number of likely N-dealkylation sites (N-methyl/N-ethyl adjacent to an activating group) is 1. The van der Waals surface area contributed by atoms with Crippen LogP contribution < -0.4 is 0 Å². The van der Waals surface area contributed by atoms with Gasteiger partial charge in [0.05, 0.1) is 0 Å². The van der Waals surface area contributed by atoms with Crippen molar-refractivity contribution in [3.8, 4) is 0 Å². The zero-order valence-electron chi connectivity index (χ0n) is 11.9. The fourth-order valence-corrected chi connectivity index (χ4v) is 2.26. The summed E-state index contributed by atoms with van der Waals surface area (Å²) in [5.41, 5.74) is 1.19. The fourth-order valence-electron chi connectivity index (χ4n) is 2.26. The van der Waals surface area contributed by atoms with Crippen molar-refractivity contribution < 1.29 is 4.79 Å². The molecule has 1 aromatic carbocycles. The predicted octanol–water partition coefficient (Wildman–Crippen LogP) is 3.17. The molecule has 0 spiro atoms. The maximum Gasteiger partial charge on any atom is 0.127 e. The van der Waals surface area contributed by atoms with Crippen molar-refractivity contribution in [2.24, 2.45) is 5.41 Å². The number of rotatable bonds is 8. The second kappa shape index (κ2) is 7.32. The fraction of sp³-hybridized carbons (Fsp3) is 0.562. The van der Waals surface area contributed by atoms with Crippen LogP contribution in [0.2, 0.25) is 0 Å². The Labute approximate surface area is 111 Å². The topological polar surface area (TPSA) is 20.3 Å². The Balaban J connectivity index is 2.46. The van der Waals surface area contributed by atoms with Crippen LogP contribution in [-0.4, -0.2) is 31.3 Å². The van der Waals surface area contributed by atoms with E-state index in [1.54, 1.807) is 0 Å². The lowest BCUT2D eigenvalue weighted by Gasteiger charge is -2.30. The Morgan fingerprint density at radius 2 is 1.78 bits per heavy atom. The molecule has 0 atom stereocenters. The van der Waals surface area contributed by atoms with Gasteiger partial charge >= 0.3 is 0 Å². The van der Waals surface area contributed by atoms with E-state index in [1.165, 1.54) is 5.56 Å². The second-order valence-corrected chi connectivity index (χ2v) is 5.16. The molecule has 1 aromatic rings. The van der Waals surface area contributed by atoms with Gasteiger partial charge in [0.15, 0.2) is 0 Å². The van der Waals surface area contributed by atoms with Crippen LogP contribution in [0.4, 0.5) is 0 Å². The smallest absolute Gasteiger partial charge is 0.127 e. The van der Waals surface area contributed by atoms with Crippen molar-refractivity contribution in [1.82, 2.24) is 4.90 Å². The minimum atomic E-state index is -0.161. The minimum Gasteiger partial charge on any atom is -0.305 e. The van der Waals surface area contributed by atoms with Crippen molar-refractivity contribution in [2.45, 2.75) is 33.1 Å². The molecule has 0 bridgehead atoms. The number of benzene rings is 1. The molecule has 0 amide bonds. The Hall–Kier alpha value is -1.15. The standard InChI is InChI=1S/C16H25NO/c1-4-16(5-2,14-18)13-17(3)12-11-15-9-7-6-8-10-15/h6-10,14H,4-5,11-13H2,1-3H3. The van der Waals surface area contributed by atoms with Crippen molar-refractivity contribution in [3.63, 3.8) is 0 Å². The molecule has 0 unspecified atom stereocenters. The molecule has 0 radical (unpaired) electrons.